The number of amidine groups is 1. The van der Waals surface area contributed by atoms with Gasteiger partial charge in [0.15, 0.2) is 0 Å². The van der Waals surface area contributed by atoms with Crippen LogP contribution in [0.3, 0.4) is 0 Å². The standard InChI is InChI=1S/C20H24N4O2S/c1-14-18(15-6-3-2-4-7-15)26-20(23-14)24-10-9-21-17(13-24)19(25)22-12-16-8-5-11-27-16/h2-8,11,14,17-18,21H,9-10,12-13H2,1H3,(H,22,25)/t14-,17-,18?/m0/s1. The number of rotatable bonds is 4. The first-order valence-corrected chi connectivity index (χ1v) is 10.2. The van der Waals surface area contributed by atoms with Crippen molar-refractivity contribution in [1.82, 2.24) is 15.5 Å². The molecule has 1 amide bonds. The van der Waals surface area contributed by atoms with Crippen LogP contribution in [0, 0.1) is 0 Å². The van der Waals surface area contributed by atoms with Crippen LogP contribution >= 0.6 is 11.3 Å². The number of hydrogen-bond acceptors (Lipinski definition) is 6. The number of aliphatic imine (C=N–C) groups is 1. The van der Waals surface area contributed by atoms with E-state index in [0.717, 1.165) is 23.5 Å². The Balaban J connectivity index is 1.35. The summed E-state index contributed by atoms with van der Waals surface area (Å²) in [5.74, 6) is 0.0133. The maximum absolute atomic E-state index is 12.5. The van der Waals surface area contributed by atoms with E-state index in [1.807, 2.05) is 35.7 Å². The summed E-state index contributed by atoms with van der Waals surface area (Å²) in [6, 6.07) is 14.6. The van der Waals surface area contributed by atoms with E-state index in [4.69, 9.17) is 9.73 Å². The van der Waals surface area contributed by atoms with Crippen molar-refractivity contribution in [2.45, 2.75) is 31.7 Å². The largest absolute Gasteiger partial charge is 0.455 e. The van der Waals surface area contributed by atoms with Gasteiger partial charge in [-0.2, -0.15) is 0 Å². The zero-order chi connectivity index (χ0) is 18.6. The van der Waals surface area contributed by atoms with Gasteiger partial charge in [-0.25, -0.2) is 4.99 Å². The van der Waals surface area contributed by atoms with Gasteiger partial charge in [-0.1, -0.05) is 36.4 Å². The highest BCUT2D eigenvalue weighted by Crippen LogP contribution is 2.29. The molecule has 2 N–H and O–H groups in total. The van der Waals surface area contributed by atoms with E-state index in [-0.39, 0.29) is 24.1 Å². The van der Waals surface area contributed by atoms with Crippen molar-refractivity contribution in [3.63, 3.8) is 0 Å². The topological polar surface area (TPSA) is 66.0 Å². The van der Waals surface area contributed by atoms with Gasteiger partial charge in [0.1, 0.15) is 12.1 Å². The van der Waals surface area contributed by atoms with Crippen LogP contribution in [0.25, 0.3) is 0 Å². The van der Waals surface area contributed by atoms with E-state index in [2.05, 4.69) is 34.6 Å². The van der Waals surface area contributed by atoms with E-state index >= 15 is 0 Å². The average molecular weight is 385 g/mol. The maximum Gasteiger partial charge on any atom is 0.288 e. The fourth-order valence-corrected chi connectivity index (χ4v) is 4.08. The van der Waals surface area contributed by atoms with Crippen molar-refractivity contribution in [1.29, 1.82) is 0 Å². The molecule has 3 atom stereocenters. The Bertz CT molecular complexity index is 794. The molecule has 4 rings (SSSR count). The summed E-state index contributed by atoms with van der Waals surface area (Å²) in [4.78, 5) is 20.5. The molecule has 0 spiro atoms. The fourth-order valence-electron chi connectivity index (χ4n) is 3.44. The third kappa shape index (κ3) is 4.14. The molecular weight excluding hydrogens is 360 g/mol. The lowest BCUT2D eigenvalue weighted by atomic mass is 10.0. The van der Waals surface area contributed by atoms with E-state index in [9.17, 15) is 4.79 Å². The number of hydrogen-bond donors (Lipinski definition) is 2. The van der Waals surface area contributed by atoms with Gasteiger partial charge in [0.05, 0.1) is 12.6 Å². The van der Waals surface area contributed by atoms with E-state index in [1.165, 1.54) is 0 Å². The predicted molar refractivity (Wildman–Crippen MR) is 107 cm³/mol. The number of ether oxygens (including phenoxy) is 1. The van der Waals surface area contributed by atoms with Gasteiger partial charge in [0.2, 0.25) is 5.91 Å². The monoisotopic (exact) mass is 384 g/mol. The Morgan fingerprint density at radius 2 is 2.19 bits per heavy atom. The van der Waals surface area contributed by atoms with Gasteiger partial charge in [0.25, 0.3) is 6.02 Å². The third-order valence-electron chi connectivity index (χ3n) is 4.89. The molecule has 0 aliphatic carbocycles. The first-order chi connectivity index (χ1) is 13.2. The van der Waals surface area contributed by atoms with Crippen molar-refractivity contribution in [3.8, 4) is 0 Å². The van der Waals surface area contributed by atoms with Gasteiger partial charge >= 0.3 is 0 Å². The quantitative estimate of drug-likeness (QED) is 0.848. The summed E-state index contributed by atoms with van der Waals surface area (Å²) >= 11 is 1.65. The van der Waals surface area contributed by atoms with Crippen LogP contribution in [0.15, 0.2) is 52.8 Å². The molecule has 1 aromatic carbocycles. The summed E-state index contributed by atoms with van der Waals surface area (Å²) < 4.78 is 6.16. The normalized spacial score (nSPS) is 25.0. The minimum atomic E-state index is -0.268. The molecule has 3 heterocycles. The van der Waals surface area contributed by atoms with E-state index in [1.54, 1.807) is 11.3 Å². The van der Waals surface area contributed by atoms with Crippen LogP contribution in [0.5, 0.6) is 0 Å². The van der Waals surface area contributed by atoms with Crippen LogP contribution in [-0.2, 0) is 16.1 Å². The lowest BCUT2D eigenvalue weighted by Gasteiger charge is -2.33. The molecular formula is C20H24N4O2S. The minimum absolute atomic E-state index is 0.0133. The SMILES string of the molecule is C[C@@H]1N=C(N2CCN[C@H](C(=O)NCc3cccs3)C2)OC1c1ccccc1. The maximum atomic E-state index is 12.5. The van der Waals surface area contributed by atoms with Gasteiger partial charge in [0, 0.05) is 24.5 Å². The number of carbonyl (C=O) groups is 1. The Labute approximate surface area is 163 Å². The first kappa shape index (κ1) is 18.0. The predicted octanol–water partition coefficient (Wildman–Crippen LogP) is 2.15. The molecule has 2 aliphatic heterocycles. The zero-order valence-corrected chi connectivity index (χ0v) is 16.1. The number of nitrogens with zero attached hydrogens (tertiary/aromatic N) is 2. The average Bonchev–Trinajstić information content (AvgIpc) is 3.36. The molecule has 0 bridgehead atoms. The zero-order valence-electron chi connectivity index (χ0n) is 15.3. The highest BCUT2D eigenvalue weighted by Gasteiger charge is 2.35. The molecule has 142 valence electrons. The van der Waals surface area contributed by atoms with E-state index < -0.39 is 0 Å². The summed E-state index contributed by atoms with van der Waals surface area (Å²) in [5, 5.41) is 8.32. The van der Waals surface area contributed by atoms with Crippen molar-refractivity contribution < 1.29 is 9.53 Å². The Hall–Kier alpha value is -2.38. The van der Waals surface area contributed by atoms with Gasteiger partial charge < -0.3 is 20.3 Å². The number of carbonyl (C=O) groups excluding carboxylic acids is 1. The minimum Gasteiger partial charge on any atom is -0.455 e. The molecule has 0 saturated carbocycles. The van der Waals surface area contributed by atoms with Crippen molar-refractivity contribution in [2.24, 2.45) is 4.99 Å². The second kappa shape index (κ2) is 8.10. The number of thiophene rings is 1. The molecule has 1 saturated heterocycles. The molecule has 1 aromatic heterocycles. The lowest BCUT2D eigenvalue weighted by molar-refractivity contribution is -0.124. The van der Waals surface area contributed by atoms with Crippen molar-refractivity contribution in [3.05, 3.63) is 58.3 Å². The summed E-state index contributed by atoms with van der Waals surface area (Å²) in [6.07, 6.45) is -0.0674. The van der Waals surface area contributed by atoms with Crippen LogP contribution in [0.4, 0.5) is 0 Å². The van der Waals surface area contributed by atoms with Gasteiger partial charge in [-0.3, -0.25) is 4.79 Å². The summed E-state index contributed by atoms with van der Waals surface area (Å²) in [5.41, 5.74) is 1.13. The number of nitrogens with one attached hydrogen (secondary N) is 2. The highest BCUT2D eigenvalue weighted by molar-refractivity contribution is 7.09. The van der Waals surface area contributed by atoms with Crippen molar-refractivity contribution >= 4 is 23.3 Å². The number of amides is 1. The second-order valence-electron chi connectivity index (χ2n) is 6.85. The van der Waals surface area contributed by atoms with Crippen LogP contribution in [-0.4, -0.2) is 48.5 Å². The molecule has 6 nitrogen and oxygen atoms in total. The molecule has 1 unspecified atom stereocenters. The second-order valence-corrected chi connectivity index (χ2v) is 7.88. The van der Waals surface area contributed by atoms with Crippen LogP contribution < -0.4 is 10.6 Å². The van der Waals surface area contributed by atoms with Crippen LogP contribution in [0.2, 0.25) is 0 Å². The van der Waals surface area contributed by atoms with Gasteiger partial charge in [-0.15, -0.1) is 11.3 Å². The van der Waals surface area contributed by atoms with Crippen LogP contribution in [0.1, 0.15) is 23.5 Å². The highest BCUT2D eigenvalue weighted by atomic mass is 32.1. The fraction of sp³-hybridized carbons (Fsp3) is 0.400. The smallest absolute Gasteiger partial charge is 0.288 e. The lowest BCUT2D eigenvalue weighted by Crippen LogP contribution is -2.58. The number of piperazine rings is 1. The molecule has 2 aliphatic rings. The molecule has 0 radical (unpaired) electrons. The summed E-state index contributed by atoms with van der Waals surface area (Å²) in [6.45, 7) is 4.70. The summed E-state index contributed by atoms with van der Waals surface area (Å²) in [7, 11) is 0. The Morgan fingerprint density at radius 1 is 1.33 bits per heavy atom. The first-order valence-electron chi connectivity index (χ1n) is 9.28. The number of benzene rings is 1. The third-order valence-corrected chi connectivity index (χ3v) is 5.77. The Kier molecular flexibility index (Phi) is 5.40. The van der Waals surface area contributed by atoms with Gasteiger partial charge in [-0.05, 0) is 23.9 Å². The Morgan fingerprint density at radius 3 is 2.96 bits per heavy atom. The van der Waals surface area contributed by atoms with E-state index in [0.29, 0.717) is 19.1 Å². The van der Waals surface area contributed by atoms with Crippen molar-refractivity contribution in [2.75, 3.05) is 19.6 Å². The molecule has 27 heavy (non-hydrogen) atoms. The molecule has 1 fully saturated rings. The molecule has 7 heteroatoms. The molecule has 2 aromatic rings.